The van der Waals surface area contributed by atoms with Crippen LogP contribution in [-0.2, 0) is 4.79 Å². The number of ether oxygens (including phenoxy) is 1. The summed E-state index contributed by atoms with van der Waals surface area (Å²) < 4.78 is 5.44. The number of benzene rings is 1. The van der Waals surface area contributed by atoms with Gasteiger partial charge in [-0.3, -0.25) is 4.79 Å². The molecule has 1 aromatic carbocycles. The number of halogens is 1. The minimum atomic E-state index is -0.110. The largest absolute Gasteiger partial charge is 0.484 e. The zero-order valence-corrected chi connectivity index (χ0v) is 13.4. The molecule has 1 amide bonds. The summed E-state index contributed by atoms with van der Waals surface area (Å²) in [6.07, 6.45) is 2.72. The van der Waals surface area contributed by atoms with E-state index in [0.29, 0.717) is 10.8 Å². The molecule has 0 saturated carbocycles. The molecule has 116 valence electrons. The monoisotopic (exact) mass is 337 g/mol. The lowest BCUT2D eigenvalue weighted by Crippen LogP contribution is -2.39. The summed E-state index contributed by atoms with van der Waals surface area (Å²) in [7, 11) is 0. The zero-order valence-electron chi connectivity index (χ0n) is 11.9. The first kappa shape index (κ1) is 15.1. The van der Waals surface area contributed by atoms with Gasteiger partial charge in [-0.25, -0.2) is 4.98 Å². The Morgan fingerprint density at radius 2 is 2.27 bits per heavy atom. The molecule has 0 spiro atoms. The number of aromatic nitrogens is 1. The number of nitrogens with zero attached hydrogens (tertiary/aromatic N) is 2. The summed E-state index contributed by atoms with van der Waals surface area (Å²) in [5, 5.41) is 6.61. The summed E-state index contributed by atoms with van der Waals surface area (Å²) in [5.41, 5.74) is 0. The number of hydrogen-bond acceptors (Lipinski definition) is 5. The van der Waals surface area contributed by atoms with Crippen LogP contribution in [0, 0.1) is 0 Å². The van der Waals surface area contributed by atoms with E-state index in [0.717, 1.165) is 24.6 Å². The highest BCUT2D eigenvalue weighted by atomic mass is 35.5. The third kappa shape index (κ3) is 3.90. The van der Waals surface area contributed by atoms with Crippen LogP contribution in [0.4, 0.5) is 5.13 Å². The summed E-state index contributed by atoms with van der Waals surface area (Å²) in [4.78, 5) is 18.4. The van der Waals surface area contributed by atoms with Gasteiger partial charge in [-0.1, -0.05) is 11.6 Å². The van der Waals surface area contributed by atoms with E-state index in [-0.39, 0.29) is 18.6 Å². The van der Waals surface area contributed by atoms with E-state index in [1.54, 1.807) is 41.8 Å². The molecule has 7 heteroatoms. The Bertz CT molecular complexity index is 618. The Morgan fingerprint density at radius 3 is 3.00 bits per heavy atom. The molecule has 3 rings (SSSR count). The maximum absolute atomic E-state index is 11.9. The van der Waals surface area contributed by atoms with Gasteiger partial charge in [0.2, 0.25) is 0 Å². The van der Waals surface area contributed by atoms with E-state index in [1.807, 2.05) is 5.38 Å². The van der Waals surface area contributed by atoms with Crippen molar-refractivity contribution >= 4 is 34.0 Å². The summed E-state index contributed by atoms with van der Waals surface area (Å²) in [6.45, 7) is 1.71. The number of thiazole rings is 1. The maximum atomic E-state index is 11.9. The fraction of sp³-hybridized carbons (Fsp3) is 0.333. The predicted octanol–water partition coefficient (Wildman–Crippen LogP) is 2.57. The van der Waals surface area contributed by atoms with Crippen LogP contribution in [-0.4, -0.2) is 36.6 Å². The van der Waals surface area contributed by atoms with E-state index in [4.69, 9.17) is 16.3 Å². The quantitative estimate of drug-likeness (QED) is 0.911. The van der Waals surface area contributed by atoms with Crippen molar-refractivity contribution in [2.75, 3.05) is 24.6 Å². The molecule has 0 bridgehead atoms. The lowest BCUT2D eigenvalue weighted by Gasteiger charge is -2.16. The molecule has 0 unspecified atom stereocenters. The van der Waals surface area contributed by atoms with Gasteiger partial charge in [0, 0.05) is 35.7 Å². The van der Waals surface area contributed by atoms with Crippen LogP contribution < -0.4 is 15.0 Å². The molecule has 1 aliphatic heterocycles. The van der Waals surface area contributed by atoms with E-state index in [1.165, 1.54) is 0 Å². The molecule has 1 aliphatic rings. The van der Waals surface area contributed by atoms with E-state index < -0.39 is 0 Å². The highest BCUT2D eigenvalue weighted by Crippen LogP contribution is 2.22. The number of rotatable bonds is 5. The van der Waals surface area contributed by atoms with Crippen LogP contribution in [0.25, 0.3) is 0 Å². The van der Waals surface area contributed by atoms with Gasteiger partial charge in [-0.2, -0.15) is 0 Å². The summed E-state index contributed by atoms with van der Waals surface area (Å²) >= 11 is 7.42. The van der Waals surface area contributed by atoms with Crippen molar-refractivity contribution < 1.29 is 9.53 Å². The van der Waals surface area contributed by atoms with Crippen LogP contribution in [0.3, 0.4) is 0 Å². The molecule has 1 saturated heterocycles. The second kappa shape index (κ2) is 6.98. The van der Waals surface area contributed by atoms with Crippen LogP contribution in [0.15, 0.2) is 35.8 Å². The Kier molecular flexibility index (Phi) is 4.80. The molecule has 2 aromatic rings. The molecule has 0 aliphatic carbocycles. The van der Waals surface area contributed by atoms with Crippen molar-refractivity contribution in [2.24, 2.45) is 0 Å². The van der Waals surface area contributed by atoms with Gasteiger partial charge in [0.1, 0.15) is 5.75 Å². The third-order valence-corrected chi connectivity index (χ3v) is 4.51. The molecular weight excluding hydrogens is 322 g/mol. The SMILES string of the molecule is O=C(COc1ccc(Cl)cc1)N[C@@H]1CCN(c2nccs2)C1. The van der Waals surface area contributed by atoms with Gasteiger partial charge >= 0.3 is 0 Å². The van der Waals surface area contributed by atoms with Crippen molar-refractivity contribution in [1.82, 2.24) is 10.3 Å². The van der Waals surface area contributed by atoms with Crippen LogP contribution >= 0.6 is 22.9 Å². The molecule has 1 atom stereocenters. The minimum absolute atomic E-state index is 0.00931. The lowest BCUT2D eigenvalue weighted by atomic mass is 10.2. The second-order valence-electron chi connectivity index (χ2n) is 5.06. The molecule has 2 heterocycles. The van der Waals surface area contributed by atoms with Crippen molar-refractivity contribution in [3.05, 3.63) is 40.9 Å². The summed E-state index contributed by atoms with van der Waals surface area (Å²) in [5.74, 6) is 0.524. The maximum Gasteiger partial charge on any atom is 0.258 e. The topological polar surface area (TPSA) is 54.5 Å². The van der Waals surface area contributed by atoms with E-state index in [9.17, 15) is 4.79 Å². The fourth-order valence-electron chi connectivity index (χ4n) is 2.37. The van der Waals surface area contributed by atoms with Crippen LogP contribution in [0.5, 0.6) is 5.75 Å². The molecule has 1 fully saturated rings. The van der Waals surface area contributed by atoms with Crippen LogP contribution in [0.1, 0.15) is 6.42 Å². The van der Waals surface area contributed by atoms with Gasteiger partial charge in [0.25, 0.3) is 5.91 Å². The highest BCUT2D eigenvalue weighted by Gasteiger charge is 2.25. The number of hydrogen-bond donors (Lipinski definition) is 1. The zero-order chi connectivity index (χ0) is 15.4. The second-order valence-corrected chi connectivity index (χ2v) is 6.37. The van der Waals surface area contributed by atoms with Gasteiger partial charge in [0.15, 0.2) is 11.7 Å². The minimum Gasteiger partial charge on any atom is -0.484 e. The highest BCUT2D eigenvalue weighted by molar-refractivity contribution is 7.13. The average Bonchev–Trinajstić information content (AvgIpc) is 3.17. The first-order valence-electron chi connectivity index (χ1n) is 7.03. The molecule has 5 nitrogen and oxygen atoms in total. The van der Waals surface area contributed by atoms with Crippen molar-refractivity contribution in [3.63, 3.8) is 0 Å². The first-order valence-corrected chi connectivity index (χ1v) is 8.28. The lowest BCUT2D eigenvalue weighted by molar-refractivity contribution is -0.123. The van der Waals surface area contributed by atoms with Gasteiger partial charge in [0.05, 0.1) is 0 Å². The molecule has 0 radical (unpaired) electrons. The van der Waals surface area contributed by atoms with E-state index >= 15 is 0 Å². The predicted molar refractivity (Wildman–Crippen MR) is 87.8 cm³/mol. The standard InChI is InChI=1S/C15H16ClN3O2S/c16-11-1-3-13(4-2-11)21-10-14(20)18-12-5-7-19(9-12)15-17-6-8-22-15/h1-4,6,8,12H,5,7,9-10H2,(H,18,20)/t12-/m1/s1. The molecular formula is C15H16ClN3O2S. The number of carbonyl (C=O) groups excluding carboxylic acids is 1. The molecule has 1 N–H and O–H groups in total. The number of amides is 1. The van der Waals surface area contributed by atoms with Crippen molar-refractivity contribution in [2.45, 2.75) is 12.5 Å². The van der Waals surface area contributed by atoms with Gasteiger partial charge in [-0.05, 0) is 30.7 Å². The Balaban J connectivity index is 1.43. The van der Waals surface area contributed by atoms with E-state index in [2.05, 4.69) is 15.2 Å². The van der Waals surface area contributed by atoms with Gasteiger partial charge in [-0.15, -0.1) is 11.3 Å². The number of nitrogens with one attached hydrogen (secondary N) is 1. The van der Waals surface area contributed by atoms with Crippen LogP contribution in [0.2, 0.25) is 5.02 Å². The number of carbonyl (C=O) groups is 1. The smallest absolute Gasteiger partial charge is 0.258 e. The average molecular weight is 338 g/mol. The van der Waals surface area contributed by atoms with Crippen molar-refractivity contribution in [1.29, 1.82) is 0 Å². The van der Waals surface area contributed by atoms with Crippen molar-refractivity contribution in [3.8, 4) is 5.75 Å². The molecule has 1 aromatic heterocycles. The first-order chi connectivity index (χ1) is 10.7. The van der Waals surface area contributed by atoms with Gasteiger partial charge < -0.3 is 15.0 Å². The molecule has 22 heavy (non-hydrogen) atoms. The summed E-state index contributed by atoms with van der Waals surface area (Å²) in [6, 6.07) is 7.10. The number of anilines is 1. The third-order valence-electron chi connectivity index (χ3n) is 3.43. The normalized spacial score (nSPS) is 17.5. The Morgan fingerprint density at radius 1 is 1.45 bits per heavy atom. The Hall–Kier alpha value is -1.79. The fourth-order valence-corrected chi connectivity index (χ4v) is 3.18. The Labute approximate surface area is 137 Å².